The molecule has 4 N–H and O–H groups in total. The van der Waals surface area contributed by atoms with Gasteiger partial charge in [-0.25, -0.2) is 9.97 Å². The van der Waals surface area contributed by atoms with Crippen molar-refractivity contribution in [2.45, 2.75) is 32.8 Å². The van der Waals surface area contributed by atoms with Crippen molar-refractivity contribution in [3.63, 3.8) is 0 Å². The zero-order valence-electron chi connectivity index (χ0n) is 11.4. The van der Waals surface area contributed by atoms with Crippen LogP contribution in [0.4, 0.5) is 5.95 Å². The van der Waals surface area contributed by atoms with Crippen molar-refractivity contribution >= 4 is 11.8 Å². The van der Waals surface area contributed by atoms with E-state index in [-0.39, 0.29) is 11.9 Å². The molecule has 1 aliphatic rings. The van der Waals surface area contributed by atoms with Crippen molar-refractivity contribution in [1.82, 2.24) is 9.97 Å². The molecule has 2 rings (SSSR count). The lowest BCUT2D eigenvalue weighted by Gasteiger charge is -2.33. The average molecular weight is 263 g/mol. The van der Waals surface area contributed by atoms with Gasteiger partial charge in [-0.2, -0.15) is 0 Å². The van der Waals surface area contributed by atoms with Gasteiger partial charge in [0.2, 0.25) is 5.95 Å². The van der Waals surface area contributed by atoms with Gasteiger partial charge in [-0.05, 0) is 38.7 Å². The zero-order valence-corrected chi connectivity index (χ0v) is 11.4. The first kappa shape index (κ1) is 13.7. The third-order valence-corrected chi connectivity index (χ3v) is 3.62. The van der Waals surface area contributed by atoms with E-state index >= 15 is 0 Å². The van der Waals surface area contributed by atoms with Crippen molar-refractivity contribution in [3.8, 4) is 0 Å². The fourth-order valence-corrected chi connectivity index (χ4v) is 2.41. The molecule has 0 radical (unpaired) electrons. The van der Waals surface area contributed by atoms with Crippen molar-refractivity contribution in [2.24, 2.45) is 11.7 Å². The third-order valence-electron chi connectivity index (χ3n) is 3.62. The van der Waals surface area contributed by atoms with Gasteiger partial charge in [-0.1, -0.05) is 0 Å². The van der Waals surface area contributed by atoms with Gasteiger partial charge in [0, 0.05) is 18.8 Å². The van der Waals surface area contributed by atoms with Crippen LogP contribution in [-0.4, -0.2) is 40.1 Å². The number of aromatic nitrogens is 2. The quantitative estimate of drug-likeness (QED) is 0.550. The van der Waals surface area contributed by atoms with Gasteiger partial charge < -0.3 is 15.7 Å². The number of anilines is 1. The summed E-state index contributed by atoms with van der Waals surface area (Å²) in [5.41, 5.74) is 6.77. The summed E-state index contributed by atoms with van der Waals surface area (Å²) < 4.78 is 0. The van der Waals surface area contributed by atoms with Gasteiger partial charge in [0.1, 0.15) is 11.5 Å². The van der Waals surface area contributed by atoms with E-state index in [1.807, 2.05) is 13.8 Å². The van der Waals surface area contributed by atoms with Gasteiger partial charge in [0.15, 0.2) is 0 Å². The minimum Gasteiger partial charge on any atom is -0.393 e. The molecule has 0 spiro atoms. The van der Waals surface area contributed by atoms with Crippen LogP contribution in [-0.2, 0) is 0 Å². The topological polar surface area (TPSA) is 99.1 Å². The summed E-state index contributed by atoms with van der Waals surface area (Å²) in [7, 11) is 0. The van der Waals surface area contributed by atoms with Crippen LogP contribution in [0.5, 0.6) is 0 Å². The molecule has 6 nitrogen and oxygen atoms in total. The maximum atomic E-state index is 9.60. The van der Waals surface area contributed by atoms with E-state index in [1.165, 1.54) is 0 Å². The fraction of sp³-hybridized carbons (Fsp3) is 0.615. The lowest BCUT2D eigenvalue weighted by atomic mass is 9.92. The average Bonchev–Trinajstić information content (AvgIpc) is 2.38. The molecular weight excluding hydrogens is 242 g/mol. The van der Waals surface area contributed by atoms with Crippen molar-refractivity contribution in [3.05, 3.63) is 17.5 Å². The number of piperidine rings is 1. The van der Waals surface area contributed by atoms with Crippen LogP contribution in [0.2, 0.25) is 0 Å². The standard InChI is InChI=1S/C13H21N5O/c1-8-7-11(12(14)15)17-13(16-8)18-5-3-10(4-6-18)9(2)19/h7,9-10,19H,3-6H2,1-2H3,(H3,14,15). The number of nitrogens with zero attached hydrogens (tertiary/aromatic N) is 3. The van der Waals surface area contributed by atoms with E-state index in [1.54, 1.807) is 6.07 Å². The third kappa shape index (κ3) is 3.20. The van der Waals surface area contributed by atoms with Crippen LogP contribution < -0.4 is 10.6 Å². The highest BCUT2D eigenvalue weighted by Gasteiger charge is 2.24. The Hall–Kier alpha value is -1.69. The second kappa shape index (κ2) is 5.52. The van der Waals surface area contributed by atoms with Crippen molar-refractivity contribution in [2.75, 3.05) is 18.0 Å². The number of hydrogen-bond acceptors (Lipinski definition) is 5. The number of amidine groups is 1. The number of nitrogen functional groups attached to an aromatic ring is 1. The highest BCUT2D eigenvalue weighted by molar-refractivity contribution is 5.93. The lowest BCUT2D eigenvalue weighted by Crippen LogP contribution is -2.38. The maximum Gasteiger partial charge on any atom is 0.226 e. The molecule has 19 heavy (non-hydrogen) atoms. The van der Waals surface area contributed by atoms with E-state index in [2.05, 4.69) is 14.9 Å². The molecule has 1 fully saturated rings. The monoisotopic (exact) mass is 263 g/mol. The van der Waals surface area contributed by atoms with Crippen LogP contribution in [0, 0.1) is 18.3 Å². The second-order valence-electron chi connectivity index (χ2n) is 5.17. The Labute approximate surface area is 113 Å². The zero-order chi connectivity index (χ0) is 14.0. The number of aliphatic hydroxyl groups is 1. The molecule has 0 aliphatic carbocycles. The SMILES string of the molecule is Cc1cc(C(=N)N)nc(N2CCC(C(C)O)CC2)n1. The Morgan fingerprint density at radius 3 is 2.63 bits per heavy atom. The van der Waals surface area contributed by atoms with Gasteiger partial charge in [-0.15, -0.1) is 0 Å². The summed E-state index contributed by atoms with van der Waals surface area (Å²) in [5, 5.41) is 17.1. The van der Waals surface area contributed by atoms with E-state index < -0.39 is 0 Å². The normalized spacial score (nSPS) is 18.4. The van der Waals surface area contributed by atoms with Crippen molar-refractivity contribution in [1.29, 1.82) is 5.41 Å². The Balaban J connectivity index is 2.13. The Kier molecular flexibility index (Phi) is 3.99. The van der Waals surface area contributed by atoms with Gasteiger partial charge in [-0.3, -0.25) is 5.41 Å². The molecule has 2 heterocycles. The van der Waals surface area contributed by atoms with E-state index in [0.717, 1.165) is 31.6 Å². The van der Waals surface area contributed by atoms with Gasteiger partial charge in [0.25, 0.3) is 0 Å². The van der Waals surface area contributed by atoms with Crippen molar-refractivity contribution < 1.29 is 5.11 Å². The molecule has 104 valence electrons. The molecule has 0 saturated carbocycles. The molecule has 6 heteroatoms. The number of rotatable bonds is 3. The highest BCUT2D eigenvalue weighted by Crippen LogP contribution is 2.23. The predicted octanol–water partition coefficient (Wildman–Crippen LogP) is 0.666. The number of aliphatic hydroxyl groups excluding tert-OH is 1. The smallest absolute Gasteiger partial charge is 0.226 e. The molecule has 0 amide bonds. The summed E-state index contributed by atoms with van der Waals surface area (Å²) >= 11 is 0. The first-order valence-corrected chi connectivity index (χ1v) is 6.60. The fourth-order valence-electron chi connectivity index (χ4n) is 2.41. The molecule has 0 bridgehead atoms. The van der Waals surface area contributed by atoms with E-state index in [0.29, 0.717) is 17.6 Å². The molecule has 1 atom stereocenters. The number of nitrogens with two attached hydrogens (primary N) is 1. The number of nitrogens with one attached hydrogen (secondary N) is 1. The summed E-state index contributed by atoms with van der Waals surface area (Å²) in [6.45, 7) is 5.38. The number of aryl methyl sites for hydroxylation is 1. The van der Waals surface area contributed by atoms with Crippen LogP contribution in [0.3, 0.4) is 0 Å². The minimum atomic E-state index is -0.256. The van der Waals surface area contributed by atoms with E-state index in [9.17, 15) is 5.11 Å². The Bertz CT molecular complexity index is 466. The lowest BCUT2D eigenvalue weighted by molar-refractivity contribution is 0.109. The summed E-state index contributed by atoms with van der Waals surface area (Å²) in [4.78, 5) is 10.8. The first-order valence-electron chi connectivity index (χ1n) is 6.60. The molecular formula is C13H21N5O. The van der Waals surface area contributed by atoms with Crippen LogP contribution in [0.1, 0.15) is 31.2 Å². The summed E-state index contributed by atoms with van der Waals surface area (Å²) in [6.07, 6.45) is 1.61. The van der Waals surface area contributed by atoms with Gasteiger partial charge in [0.05, 0.1) is 6.10 Å². The van der Waals surface area contributed by atoms with Crippen LogP contribution in [0.25, 0.3) is 0 Å². The number of hydrogen-bond donors (Lipinski definition) is 3. The maximum absolute atomic E-state index is 9.60. The second-order valence-corrected chi connectivity index (χ2v) is 5.17. The Morgan fingerprint density at radius 1 is 1.47 bits per heavy atom. The minimum absolute atomic E-state index is 0.0365. The molecule has 1 aliphatic heterocycles. The Morgan fingerprint density at radius 2 is 2.11 bits per heavy atom. The largest absolute Gasteiger partial charge is 0.393 e. The highest BCUT2D eigenvalue weighted by atomic mass is 16.3. The first-order chi connectivity index (χ1) is 8.97. The predicted molar refractivity (Wildman–Crippen MR) is 74.4 cm³/mol. The van der Waals surface area contributed by atoms with E-state index in [4.69, 9.17) is 11.1 Å². The van der Waals surface area contributed by atoms with Crippen LogP contribution in [0.15, 0.2) is 6.07 Å². The van der Waals surface area contributed by atoms with Crippen LogP contribution >= 0.6 is 0 Å². The molecule has 0 aromatic carbocycles. The summed E-state index contributed by atoms with van der Waals surface area (Å²) in [6, 6.07) is 1.72. The molecule has 1 aromatic heterocycles. The van der Waals surface area contributed by atoms with Gasteiger partial charge >= 0.3 is 0 Å². The molecule has 1 unspecified atom stereocenters. The summed E-state index contributed by atoms with van der Waals surface area (Å²) in [5.74, 6) is 0.952. The molecule has 1 saturated heterocycles. The molecule has 1 aromatic rings.